The fourth-order valence-corrected chi connectivity index (χ4v) is 2.14. The molecule has 0 radical (unpaired) electrons. The second kappa shape index (κ2) is 6.95. The molecule has 0 atom stereocenters. The van der Waals surface area contributed by atoms with Gasteiger partial charge >= 0.3 is 0 Å². The second-order valence-electron chi connectivity index (χ2n) is 5.07. The predicted molar refractivity (Wildman–Crippen MR) is 81.7 cm³/mol. The van der Waals surface area contributed by atoms with Crippen LogP contribution in [0.3, 0.4) is 0 Å². The summed E-state index contributed by atoms with van der Waals surface area (Å²) in [6.45, 7) is 1.42. The maximum atomic E-state index is 13.5. The molecule has 0 aliphatic heterocycles. The molecule has 0 fully saturated rings. The van der Waals surface area contributed by atoms with Crippen LogP contribution in [-0.4, -0.2) is 29.3 Å². The summed E-state index contributed by atoms with van der Waals surface area (Å²) in [6.07, 6.45) is 2.62. The third kappa shape index (κ3) is 4.65. The topological polar surface area (TPSA) is 66.0 Å². The van der Waals surface area contributed by atoms with Crippen molar-refractivity contribution in [2.45, 2.75) is 13.0 Å². The van der Waals surface area contributed by atoms with Crippen molar-refractivity contribution in [3.05, 3.63) is 65.2 Å². The number of amidine groups is 1. The average Bonchev–Trinajstić information content (AvgIpc) is 2.45. The largest absolute Gasteiger partial charge is 0.384 e. The minimum atomic E-state index is -0.365. The number of rotatable bonds is 6. The monoisotopic (exact) mass is 286 g/mol. The molecule has 2 aromatic rings. The lowest BCUT2D eigenvalue weighted by molar-refractivity contribution is 0.329. The molecule has 0 aliphatic rings. The molecule has 1 aromatic heterocycles. The van der Waals surface area contributed by atoms with Gasteiger partial charge in [-0.1, -0.05) is 6.07 Å². The number of nitrogens with one attached hydrogen (secondary N) is 1. The van der Waals surface area contributed by atoms with Gasteiger partial charge in [0.25, 0.3) is 0 Å². The number of pyridine rings is 1. The van der Waals surface area contributed by atoms with Crippen molar-refractivity contribution in [3.8, 4) is 0 Å². The first kappa shape index (κ1) is 15.1. The van der Waals surface area contributed by atoms with Crippen LogP contribution in [0.2, 0.25) is 0 Å². The minimum absolute atomic E-state index is 0.119. The van der Waals surface area contributed by atoms with Crippen molar-refractivity contribution in [2.24, 2.45) is 5.73 Å². The zero-order valence-electron chi connectivity index (χ0n) is 12.0. The Morgan fingerprint density at radius 1 is 1.33 bits per heavy atom. The van der Waals surface area contributed by atoms with Crippen molar-refractivity contribution in [1.82, 2.24) is 9.88 Å². The summed E-state index contributed by atoms with van der Waals surface area (Å²) >= 11 is 0. The highest BCUT2D eigenvalue weighted by Crippen LogP contribution is 2.11. The van der Waals surface area contributed by atoms with Gasteiger partial charge < -0.3 is 10.6 Å². The lowest BCUT2D eigenvalue weighted by atomic mass is 10.1. The normalized spacial score (nSPS) is 10.8. The number of hydrogen-bond acceptors (Lipinski definition) is 3. The van der Waals surface area contributed by atoms with E-state index in [1.165, 1.54) is 12.1 Å². The van der Waals surface area contributed by atoms with Gasteiger partial charge in [-0.2, -0.15) is 0 Å². The molecule has 0 spiro atoms. The number of nitrogens with two attached hydrogens (primary N) is 1. The van der Waals surface area contributed by atoms with Gasteiger partial charge in [-0.05, 0) is 42.9 Å². The second-order valence-corrected chi connectivity index (χ2v) is 5.07. The van der Waals surface area contributed by atoms with Crippen molar-refractivity contribution < 1.29 is 4.39 Å². The summed E-state index contributed by atoms with van der Waals surface area (Å²) in [7, 11) is 1.97. The molecule has 2 rings (SSSR count). The molecule has 3 N–H and O–H groups in total. The number of nitrogen functional groups attached to an aromatic ring is 1. The van der Waals surface area contributed by atoms with Crippen molar-refractivity contribution in [3.63, 3.8) is 0 Å². The van der Waals surface area contributed by atoms with E-state index in [-0.39, 0.29) is 11.7 Å². The first-order valence-electron chi connectivity index (χ1n) is 6.77. The third-order valence-electron chi connectivity index (χ3n) is 3.20. The summed E-state index contributed by atoms with van der Waals surface area (Å²) in [5.74, 6) is -0.484. The number of nitrogens with zero attached hydrogens (tertiary/aromatic N) is 2. The number of aromatic nitrogens is 1. The van der Waals surface area contributed by atoms with Crippen LogP contribution in [0.4, 0.5) is 4.39 Å². The zero-order valence-corrected chi connectivity index (χ0v) is 12.0. The lowest BCUT2D eigenvalue weighted by Gasteiger charge is -2.17. The molecule has 4 nitrogen and oxygen atoms in total. The average molecular weight is 286 g/mol. The number of benzene rings is 1. The van der Waals surface area contributed by atoms with Gasteiger partial charge in [0, 0.05) is 37.0 Å². The van der Waals surface area contributed by atoms with Crippen LogP contribution in [0, 0.1) is 11.2 Å². The first-order chi connectivity index (χ1) is 10.0. The standard InChI is InChI=1S/C16H19FN4/c1-21(7-5-15-4-2-3-6-20-15)11-12-8-13(16(18)19)10-14(17)9-12/h2-4,6,8-10H,5,7,11H2,1H3,(H3,18,19). The summed E-state index contributed by atoms with van der Waals surface area (Å²) < 4.78 is 13.5. The van der Waals surface area contributed by atoms with E-state index in [0.29, 0.717) is 12.1 Å². The van der Waals surface area contributed by atoms with Gasteiger partial charge in [-0.25, -0.2) is 4.39 Å². The maximum absolute atomic E-state index is 13.5. The summed E-state index contributed by atoms with van der Waals surface area (Å²) in [5.41, 5.74) is 7.68. The molecule has 5 heteroatoms. The highest BCUT2D eigenvalue weighted by Gasteiger charge is 2.06. The Balaban J connectivity index is 1.96. The van der Waals surface area contributed by atoms with Crippen LogP contribution < -0.4 is 5.73 Å². The van der Waals surface area contributed by atoms with Crippen LogP contribution in [0.1, 0.15) is 16.8 Å². The molecule has 0 bridgehead atoms. The minimum Gasteiger partial charge on any atom is -0.384 e. The Hall–Kier alpha value is -2.27. The fourth-order valence-electron chi connectivity index (χ4n) is 2.14. The highest BCUT2D eigenvalue weighted by molar-refractivity contribution is 5.95. The molecule has 0 saturated carbocycles. The van der Waals surface area contributed by atoms with Gasteiger partial charge in [0.1, 0.15) is 11.7 Å². The van der Waals surface area contributed by atoms with E-state index in [1.54, 1.807) is 12.3 Å². The van der Waals surface area contributed by atoms with E-state index >= 15 is 0 Å². The van der Waals surface area contributed by atoms with Crippen LogP contribution in [-0.2, 0) is 13.0 Å². The fraction of sp³-hybridized carbons (Fsp3) is 0.250. The van der Waals surface area contributed by atoms with E-state index in [0.717, 1.165) is 24.2 Å². The maximum Gasteiger partial charge on any atom is 0.124 e. The SMILES string of the molecule is CN(CCc1ccccn1)Cc1cc(F)cc(C(=N)N)c1. The number of hydrogen-bond donors (Lipinski definition) is 2. The molecular formula is C16H19FN4. The third-order valence-corrected chi connectivity index (χ3v) is 3.20. The predicted octanol–water partition coefficient (Wildman–Crippen LogP) is 2.18. The Kier molecular flexibility index (Phi) is 5.00. The van der Waals surface area contributed by atoms with E-state index < -0.39 is 0 Å². The quantitative estimate of drug-likeness (QED) is 0.632. The Morgan fingerprint density at radius 3 is 2.81 bits per heavy atom. The van der Waals surface area contributed by atoms with Crippen molar-refractivity contribution in [2.75, 3.05) is 13.6 Å². The number of halogens is 1. The van der Waals surface area contributed by atoms with Gasteiger partial charge in [0.05, 0.1) is 0 Å². The van der Waals surface area contributed by atoms with Crippen LogP contribution in [0.15, 0.2) is 42.6 Å². The molecule has 110 valence electrons. The molecule has 1 aromatic carbocycles. The molecule has 1 heterocycles. The van der Waals surface area contributed by atoms with E-state index in [2.05, 4.69) is 9.88 Å². The Labute approximate surface area is 123 Å². The smallest absolute Gasteiger partial charge is 0.124 e. The van der Waals surface area contributed by atoms with Crippen LogP contribution in [0.5, 0.6) is 0 Å². The van der Waals surface area contributed by atoms with E-state index in [9.17, 15) is 4.39 Å². The van der Waals surface area contributed by atoms with Crippen LogP contribution >= 0.6 is 0 Å². The first-order valence-corrected chi connectivity index (χ1v) is 6.77. The molecule has 0 aliphatic carbocycles. The summed E-state index contributed by atoms with van der Waals surface area (Å²) in [4.78, 5) is 6.37. The number of likely N-dealkylation sites (N-methyl/N-ethyl adjacent to an activating group) is 1. The Bertz CT molecular complexity index is 613. The lowest BCUT2D eigenvalue weighted by Crippen LogP contribution is -2.21. The molecule has 0 amide bonds. The van der Waals surface area contributed by atoms with Gasteiger partial charge in [-0.15, -0.1) is 0 Å². The highest BCUT2D eigenvalue weighted by atomic mass is 19.1. The van der Waals surface area contributed by atoms with Crippen molar-refractivity contribution in [1.29, 1.82) is 5.41 Å². The molecular weight excluding hydrogens is 267 g/mol. The van der Waals surface area contributed by atoms with Gasteiger partial charge in [0.2, 0.25) is 0 Å². The van der Waals surface area contributed by atoms with Gasteiger partial charge in [0.15, 0.2) is 0 Å². The van der Waals surface area contributed by atoms with Crippen molar-refractivity contribution >= 4 is 5.84 Å². The van der Waals surface area contributed by atoms with E-state index in [1.807, 2.05) is 25.2 Å². The summed E-state index contributed by atoms with van der Waals surface area (Å²) in [6, 6.07) is 10.4. The van der Waals surface area contributed by atoms with Gasteiger partial charge in [-0.3, -0.25) is 10.4 Å². The zero-order chi connectivity index (χ0) is 15.2. The van der Waals surface area contributed by atoms with E-state index in [4.69, 9.17) is 11.1 Å². The Morgan fingerprint density at radius 2 is 2.14 bits per heavy atom. The summed E-state index contributed by atoms with van der Waals surface area (Å²) in [5, 5.41) is 7.39. The molecule has 0 unspecified atom stereocenters. The molecule has 0 saturated heterocycles. The van der Waals surface area contributed by atoms with Crippen LogP contribution in [0.25, 0.3) is 0 Å². The molecule has 21 heavy (non-hydrogen) atoms.